The fourth-order valence-electron chi connectivity index (χ4n) is 4.27. The van der Waals surface area contributed by atoms with Crippen LogP contribution in [0.3, 0.4) is 0 Å². The summed E-state index contributed by atoms with van der Waals surface area (Å²) in [5, 5.41) is 0. The molecular formula is C24H33ClO15. The largest absolute Gasteiger partial charge is 0.456 e. The maximum atomic E-state index is 11.9. The molecule has 16 heteroatoms. The summed E-state index contributed by atoms with van der Waals surface area (Å²) in [4.78, 5) is 70.9. The molecule has 0 bridgehead atoms. The summed E-state index contributed by atoms with van der Waals surface area (Å²) in [6.45, 7) is 7.68. The first kappa shape index (κ1) is 33.2. The Morgan fingerprint density at radius 3 is 1.40 bits per heavy atom. The van der Waals surface area contributed by atoms with E-state index in [9.17, 15) is 28.8 Å². The first-order valence-corrected chi connectivity index (χ1v) is 12.6. The lowest BCUT2D eigenvalue weighted by atomic mass is 9.98. The Morgan fingerprint density at radius 1 is 0.550 bits per heavy atom. The molecule has 2 heterocycles. The number of hydrogen-bond acceptors (Lipinski definition) is 15. The molecule has 0 aromatic rings. The highest BCUT2D eigenvalue weighted by Gasteiger charge is 2.54. The van der Waals surface area contributed by atoms with Crippen LogP contribution < -0.4 is 0 Å². The molecule has 15 nitrogen and oxygen atoms in total. The smallest absolute Gasteiger partial charge is 0.303 e. The SMILES string of the molecule is CC(=O)O[C@@H]1[C@@H](OC(C)=O)[C@H](C)O[C@@H](OC[C@H]2O[C@H](Cl)[C@H](OC(C)=O)[C@@H](OC(C)=O)[C@@H]2OC(C)=O)[C@@H]1OC(C)=O. The zero-order chi connectivity index (χ0) is 30.3. The van der Waals surface area contributed by atoms with Crippen molar-refractivity contribution in [2.75, 3.05) is 6.61 Å². The molecule has 2 saturated heterocycles. The molecule has 226 valence electrons. The zero-order valence-electron chi connectivity index (χ0n) is 23.0. The number of hydrogen-bond donors (Lipinski definition) is 0. The summed E-state index contributed by atoms with van der Waals surface area (Å²) in [5.74, 6) is -4.59. The molecule has 40 heavy (non-hydrogen) atoms. The van der Waals surface area contributed by atoms with Crippen molar-refractivity contribution in [3.63, 3.8) is 0 Å². The molecular weight excluding hydrogens is 564 g/mol. The average molecular weight is 597 g/mol. The molecule has 0 radical (unpaired) electrons. The Morgan fingerprint density at radius 2 is 0.925 bits per heavy atom. The predicted octanol–water partition coefficient (Wildman–Crippen LogP) is 0.302. The normalized spacial score (nSPS) is 33.6. The monoisotopic (exact) mass is 596 g/mol. The average Bonchev–Trinajstić information content (AvgIpc) is 2.79. The second-order valence-electron chi connectivity index (χ2n) is 9.01. The van der Waals surface area contributed by atoms with Gasteiger partial charge in [-0.3, -0.25) is 28.8 Å². The Hall–Kier alpha value is -3.01. The van der Waals surface area contributed by atoms with Crippen LogP contribution >= 0.6 is 11.6 Å². The number of alkyl halides is 1. The van der Waals surface area contributed by atoms with Crippen molar-refractivity contribution >= 4 is 47.4 Å². The molecule has 0 N–H and O–H groups in total. The molecule has 0 aliphatic carbocycles. The maximum absolute atomic E-state index is 11.9. The van der Waals surface area contributed by atoms with Crippen LogP contribution in [0.1, 0.15) is 48.5 Å². The van der Waals surface area contributed by atoms with Crippen molar-refractivity contribution in [1.82, 2.24) is 0 Å². The van der Waals surface area contributed by atoms with Gasteiger partial charge in [0, 0.05) is 41.5 Å². The van der Waals surface area contributed by atoms with E-state index in [1.54, 1.807) is 0 Å². The second-order valence-corrected chi connectivity index (χ2v) is 9.44. The molecule has 0 unspecified atom stereocenters. The molecule has 2 aliphatic heterocycles. The van der Waals surface area contributed by atoms with Gasteiger partial charge in [0.05, 0.1) is 12.7 Å². The fraction of sp³-hybridized carbons (Fsp3) is 0.750. The van der Waals surface area contributed by atoms with Crippen LogP contribution in [0.4, 0.5) is 0 Å². The fourth-order valence-corrected chi connectivity index (χ4v) is 4.60. The van der Waals surface area contributed by atoms with E-state index >= 15 is 0 Å². The highest BCUT2D eigenvalue weighted by atomic mass is 35.5. The topological polar surface area (TPSA) is 185 Å². The van der Waals surface area contributed by atoms with Crippen LogP contribution in [0.25, 0.3) is 0 Å². The van der Waals surface area contributed by atoms with Gasteiger partial charge in [-0.2, -0.15) is 0 Å². The van der Waals surface area contributed by atoms with E-state index in [4.69, 9.17) is 54.2 Å². The molecule has 2 fully saturated rings. The predicted molar refractivity (Wildman–Crippen MR) is 128 cm³/mol. The Balaban J connectivity index is 2.38. The Kier molecular flexibility index (Phi) is 12.1. The van der Waals surface area contributed by atoms with Crippen LogP contribution in [-0.4, -0.2) is 103 Å². The van der Waals surface area contributed by atoms with E-state index in [1.165, 1.54) is 6.92 Å². The van der Waals surface area contributed by atoms with Gasteiger partial charge >= 0.3 is 35.8 Å². The highest BCUT2D eigenvalue weighted by molar-refractivity contribution is 6.20. The van der Waals surface area contributed by atoms with E-state index in [0.29, 0.717) is 0 Å². The molecule has 2 aliphatic rings. The van der Waals surface area contributed by atoms with E-state index in [2.05, 4.69) is 0 Å². The van der Waals surface area contributed by atoms with Gasteiger partial charge in [-0.05, 0) is 6.92 Å². The van der Waals surface area contributed by atoms with Crippen molar-refractivity contribution < 1.29 is 71.4 Å². The van der Waals surface area contributed by atoms with Gasteiger partial charge in [-0.15, -0.1) is 0 Å². The number of esters is 6. The number of carbonyl (C=O) groups excluding carboxylic acids is 6. The van der Waals surface area contributed by atoms with Crippen molar-refractivity contribution in [2.24, 2.45) is 0 Å². The molecule has 2 rings (SSSR count). The minimum Gasteiger partial charge on any atom is -0.456 e. The minimum absolute atomic E-state index is 0.466. The summed E-state index contributed by atoms with van der Waals surface area (Å²) in [5.41, 5.74) is -1.37. The Bertz CT molecular complexity index is 894. The lowest BCUT2D eigenvalue weighted by Crippen LogP contribution is -2.63. The number of halogens is 1. The first-order valence-electron chi connectivity index (χ1n) is 12.2. The third-order valence-corrected chi connectivity index (χ3v) is 5.89. The minimum atomic E-state index is -1.41. The quantitative estimate of drug-likeness (QED) is 0.201. The lowest BCUT2D eigenvalue weighted by molar-refractivity contribution is -0.311. The molecule has 0 saturated carbocycles. The van der Waals surface area contributed by atoms with Crippen LogP contribution in [0.5, 0.6) is 0 Å². The summed E-state index contributed by atoms with van der Waals surface area (Å²) in [6.07, 6.45) is -11.5. The third-order valence-electron chi connectivity index (χ3n) is 5.54. The van der Waals surface area contributed by atoms with E-state index in [-0.39, 0.29) is 0 Å². The number of ether oxygens (including phenoxy) is 9. The van der Waals surface area contributed by atoms with E-state index < -0.39 is 103 Å². The summed E-state index contributed by atoms with van der Waals surface area (Å²) in [7, 11) is 0. The van der Waals surface area contributed by atoms with Gasteiger partial charge in [-0.25, -0.2) is 0 Å². The second kappa shape index (κ2) is 14.6. The van der Waals surface area contributed by atoms with Gasteiger partial charge in [0.2, 0.25) is 0 Å². The van der Waals surface area contributed by atoms with Crippen molar-refractivity contribution in [3.05, 3.63) is 0 Å². The number of rotatable bonds is 9. The van der Waals surface area contributed by atoms with Gasteiger partial charge in [0.1, 0.15) is 6.10 Å². The first-order chi connectivity index (χ1) is 18.6. The summed E-state index contributed by atoms with van der Waals surface area (Å²) in [6, 6.07) is 0. The van der Waals surface area contributed by atoms with Crippen LogP contribution in [0.2, 0.25) is 0 Å². The van der Waals surface area contributed by atoms with Gasteiger partial charge in [0.15, 0.2) is 48.5 Å². The number of carbonyl (C=O) groups is 6. The molecule has 0 aromatic carbocycles. The van der Waals surface area contributed by atoms with Crippen molar-refractivity contribution in [3.8, 4) is 0 Å². The third kappa shape index (κ3) is 9.28. The summed E-state index contributed by atoms with van der Waals surface area (Å²) < 4.78 is 49.1. The van der Waals surface area contributed by atoms with Crippen molar-refractivity contribution in [1.29, 1.82) is 0 Å². The van der Waals surface area contributed by atoms with Crippen LogP contribution in [0, 0.1) is 0 Å². The summed E-state index contributed by atoms with van der Waals surface area (Å²) >= 11 is 6.30. The van der Waals surface area contributed by atoms with Gasteiger partial charge in [0.25, 0.3) is 0 Å². The van der Waals surface area contributed by atoms with Gasteiger partial charge < -0.3 is 42.6 Å². The molecule has 0 aromatic heterocycles. The van der Waals surface area contributed by atoms with E-state index in [1.807, 2.05) is 0 Å². The van der Waals surface area contributed by atoms with Gasteiger partial charge in [-0.1, -0.05) is 11.6 Å². The molecule has 0 amide bonds. The van der Waals surface area contributed by atoms with E-state index in [0.717, 1.165) is 41.5 Å². The standard InChI is InChI=1S/C24H33ClO15/c1-9-17(34-10(2)26)19(36-12(4)28)22(39-15(7)31)24(33-9)32-8-16-18(35-11(3)27)20(37-13(5)29)21(23(25)40-16)38-14(6)30/h9,16-24H,8H2,1-7H3/t9-,16+,17-,18+,19+,20-,21+,22+,23-,24+/m0/s1. The zero-order valence-corrected chi connectivity index (χ0v) is 23.7. The molecule has 10 atom stereocenters. The highest BCUT2D eigenvalue weighted by Crippen LogP contribution is 2.33. The lowest BCUT2D eigenvalue weighted by Gasteiger charge is -2.45. The molecule has 0 spiro atoms. The Labute approximate surface area is 234 Å². The van der Waals surface area contributed by atoms with Crippen LogP contribution in [0.15, 0.2) is 0 Å². The van der Waals surface area contributed by atoms with Crippen molar-refractivity contribution in [2.45, 2.75) is 109 Å². The maximum Gasteiger partial charge on any atom is 0.303 e. The van der Waals surface area contributed by atoms with Crippen LogP contribution in [-0.2, 0) is 71.4 Å².